The van der Waals surface area contributed by atoms with Gasteiger partial charge in [-0.2, -0.15) is 5.10 Å². The van der Waals surface area contributed by atoms with Crippen LogP contribution < -0.4 is 10.6 Å². The first-order valence-electron chi connectivity index (χ1n) is 9.62. The van der Waals surface area contributed by atoms with Gasteiger partial charge in [-0.1, -0.05) is 19.8 Å². The van der Waals surface area contributed by atoms with Crippen molar-refractivity contribution in [2.45, 2.75) is 44.9 Å². The smallest absolute Gasteiger partial charge is 0.231 e. The molecule has 1 saturated heterocycles. The lowest BCUT2D eigenvalue weighted by Gasteiger charge is -2.19. The van der Waals surface area contributed by atoms with Gasteiger partial charge >= 0.3 is 0 Å². The third-order valence-electron chi connectivity index (χ3n) is 5.67. The highest BCUT2D eigenvalue weighted by Gasteiger charge is 2.35. The summed E-state index contributed by atoms with van der Waals surface area (Å²) in [5.41, 5.74) is 2.32. The second-order valence-corrected chi connectivity index (χ2v) is 8.68. The van der Waals surface area contributed by atoms with Crippen molar-refractivity contribution in [2.24, 2.45) is 18.9 Å². The highest BCUT2D eigenvalue weighted by molar-refractivity contribution is 7.15. The van der Waals surface area contributed by atoms with Crippen LogP contribution in [0, 0.1) is 11.8 Å². The van der Waals surface area contributed by atoms with Gasteiger partial charge < -0.3 is 10.6 Å². The van der Waals surface area contributed by atoms with Crippen molar-refractivity contribution in [1.29, 1.82) is 0 Å². The van der Waals surface area contributed by atoms with Gasteiger partial charge in [-0.3, -0.25) is 9.48 Å². The highest BCUT2D eigenvalue weighted by atomic mass is 32.1. The average Bonchev–Trinajstić information content (AvgIpc) is 3.32. The molecule has 7 heteroatoms. The van der Waals surface area contributed by atoms with Crippen molar-refractivity contribution in [1.82, 2.24) is 20.1 Å². The maximum atomic E-state index is 12.9. The largest absolute Gasteiger partial charge is 0.315 e. The Morgan fingerprint density at radius 1 is 1.46 bits per heavy atom. The predicted molar refractivity (Wildman–Crippen MR) is 103 cm³/mol. The lowest BCUT2D eigenvalue weighted by molar-refractivity contribution is -0.119. The zero-order chi connectivity index (χ0) is 18.1. The summed E-state index contributed by atoms with van der Waals surface area (Å²) in [6.07, 6.45) is 9.82. The molecule has 2 aromatic heterocycles. The fourth-order valence-corrected chi connectivity index (χ4v) is 5.41. The van der Waals surface area contributed by atoms with Crippen LogP contribution in [0.2, 0.25) is 0 Å². The fraction of sp³-hybridized carbons (Fsp3) is 0.632. The average molecular weight is 374 g/mol. The van der Waals surface area contributed by atoms with E-state index in [4.69, 9.17) is 4.98 Å². The van der Waals surface area contributed by atoms with Crippen molar-refractivity contribution in [3.05, 3.63) is 28.5 Å². The van der Waals surface area contributed by atoms with Crippen molar-refractivity contribution in [3.8, 4) is 0 Å². The molecule has 0 bridgehead atoms. The monoisotopic (exact) mass is 373 g/mol. The number of hydrogen-bond acceptors (Lipinski definition) is 5. The maximum Gasteiger partial charge on any atom is 0.231 e. The molecule has 2 N–H and O–H groups in total. The summed E-state index contributed by atoms with van der Waals surface area (Å²) in [6.45, 7) is 3.77. The molecule has 2 aliphatic rings. The van der Waals surface area contributed by atoms with Crippen molar-refractivity contribution in [3.63, 3.8) is 0 Å². The molecular formula is C19H27N5OS. The van der Waals surface area contributed by atoms with E-state index in [1.54, 1.807) is 16.0 Å². The van der Waals surface area contributed by atoms with Gasteiger partial charge in [0.05, 0.1) is 17.8 Å². The van der Waals surface area contributed by atoms with Crippen LogP contribution in [-0.4, -0.2) is 33.8 Å². The van der Waals surface area contributed by atoms with Crippen LogP contribution in [-0.2, 0) is 24.7 Å². The van der Waals surface area contributed by atoms with Gasteiger partial charge in [0.15, 0.2) is 5.13 Å². The van der Waals surface area contributed by atoms with E-state index >= 15 is 0 Å². The number of nitrogens with zero attached hydrogens (tertiary/aromatic N) is 3. The Bertz CT molecular complexity index is 783. The molecule has 140 valence electrons. The van der Waals surface area contributed by atoms with Crippen LogP contribution in [0.3, 0.4) is 0 Å². The van der Waals surface area contributed by atoms with Crippen LogP contribution in [0.5, 0.6) is 0 Å². The lowest BCUT2D eigenvalue weighted by Crippen LogP contribution is -2.28. The van der Waals surface area contributed by atoms with Crippen molar-refractivity contribution in [2.75, 3.05) is 18.4 Å². The minimum Gasteiger partial charge on any atom is -0.315 e. The highest BCUT2D eigenvalue weighted by Crippen LogP contribution is 2.35. The molecule has 6 nitrogen and oxygen atoms in total. The Labute approximate surface area is 158 Å². The Hall–Kier alpha value is -1.73. The van der Waals surface area contributed by atoms with Gasteiger partial charge in [-0.05, 0) is 30.7 Å². The number of amides is 1. The summed E-state index contributed by atoms with van der Waals surface area (Å²) in [5, 5.41) is 11.5. The molecule has 1 aliphatic carbocycles. The van der Waals surface area contributed by atoms with Crippen LogP contribution in [0.1, 0.15) is 48.2 Å². The Morgan fingerprint density at radius 2 is 2.35 bits per heavy atom. The molecule has 3 atom stereocenters. The number of nitrogens with one attached hydrogen (secondary N) is 2. The molecule has 0 spiro atoms. The van der Waals surface area contributed by atoms with E-state index in [2.05, 4.69) is 22.7 Å². The maximum absolute atomic E-state index is 12.9. The van der Waals surface area contributed by atoms with E-state index < -0.39 is 0 Å². The fourth-order valence-electron chi connectivity index (χ4n) is 4.29. The van der Waals surface area contributed by atoms with Crippen LogP contribution >= 0.6 is 11.3 Å². The van der Waals surface area contributed by atoms with E-state index in [0.29, 0.717) is 6.54 Å². The molecule has 1 fully saturated rings. The zero-order valence-electron chi connectivity index (χ0n) is 15.5. The van der Waals surface area contributed by atoms with Crippen LogP contribution in [0.15, 0.2) is 12.4 Å². The van der Waals surface area contributed by atoms with Gasteiger partial charge in [0.25, 0.3) is 0 Å². The number of aromatic nitrogens is 3. The number of hydrogen-bond donors (Lipinski definition) is 2. The number of anilines is 1. The topological polar surface area (TPSA) is 71.8 Å². The Balaban J connectivity index is 1.43. The molecule has 26 heavy (non-hydrogen) atoms. The first kappa shape index (κ1) is 17.7. The molecule has 4 rings (SSSR count). The number of rotatable bonds is 5. The van der Waals surface area contributed by atoms with Crippen LogP contribution in [0.4, 0.5) is 5.13 Å². The molecule has 0 aromatic carbocycles. The van der Waals surface area contributed by atoms with Gasteiger partial charge in [0, 0.05) is 37.1 Å². The van der Waals surface area contributed by atoms with E-state index in [9.17, 15) is 4.79 Å². The summed E-state index contributed by atoms with van der Waals surface area (Å²) in [7, 11) is 1.91. The first-order valence-corrected chi connectivity index (χ1v) is 10.4. The SMILES string of the molecule is CCCC1CCc2nc(NC(=O)[C@H]3CNC[C@@H]3c3cnn(C)c3)sc2C1. The molecule has 1 unspecified atom stereocenters. The molecular weight excluding hydrogens is 346 g/mol. The lowest BCUT2D eigenvalue weighted by atomic mass is 9.88. The number of fused-ring (bicyclic) bond motifs is 1. The predicted octanol–water partition coefficient (Wildman–Crippen LogP) is 2.72. The van der Waals surface area contributed by atoms with Crippen molar-refractivity contribution < 1.29 is 4.79 Å². The molecule has 0 saturated carbocycles. The van der Waals surface area contributed by atoms with Gasteiger partial charge in [-0.25, -0.2) is 4.98 Å². The third kappa shape index (κ3) is 3.55. The van der Waals surface area contributed by atoms with Gasteiger partial charge in [-0.15, -0.1) is 11.3 Å². The quantitative estimate of drug-likeness (QED) is 0.845. The minimum absolute atomic E-state index is 0.0695. The minimum atomic E-state index is -0.0760. The normalized spacial score (nSPS) is 25.2. The zero-order valence-corrected chi connectivity index (χ0v) is 16.3. The van der Waals surface area contributed by atoms with E-state index in [0.717, 1.165) is 36.0 Å². The summed E-state index contributed by atoms with van der Waals surface area (Å²) < 4.78 is 1.80. The first-order chi connectivity index (χ1) is 12.6. The second-order valence-electron chi connectivity index (χ2n) is 7.59. The molecule has 3 heterocycles. The van der Waals surface area contributed by atoms with E-state index in [1.165, 1.54) is 29.8 Å². The molecule has 1 amide bonds. The van der Waals surface area contributed by atoms with E-state index in [-0.39, 0.29) is 17.7 Å². The summed E-state index contributed by atoms with van der Waals surface area (Å²) in [4.78, 5) is 19.0. The molecule has 0 radical (unpaired) electrons. The number of carbonyl (C=O) groups is 1. The number of thiazole rings is 1. The van der Waals surface area contributed by atoms with E-state index in [1.807, 2.05) is 19.4 Å². The Morgan fingerprint density at radius 3 is 3.12 bits per heavy atom. The van der Waals surface area contributed by atoms with Gasteiger partial charge in [0.1, 0.15) is 0 Å². The summed E-state index contributed by atoms with van der Waals surface area (Å²) >= 11 is 1.67. The standard InChI is InChI=1S/C19H27N5OS/c1-3-4-12-5-6-16-17(7-12)26-19(22-16)23-18(25)15-10-20-9-14(15)13-8-21-24(2)11-13/h8,11-12,14-15,20H,3-7,9-10H2,1-2H3,(H,22,23,25)/t12?,14-,15+/m1/s1. The number of aryl methyl sites for hydroxylation is 2. The number of carbonyl (C=O) groups excluding carboxylic acids is 1. The molecule has 2 aromatic rings. The third-order valence-corrected chi connectivity index (χ3v) is 6.71. The van der Waals surface area contributed by atoms with Crippen LogP contribution in [0.25, 0.3) is 0 Å². The summed E-state index contributed by atoms with van der Waals surface area (Å²) in [6, 6.07) is 0. The summed E-state index contributed by atoms with van der Waals surface area (Å²) in [5.74, 6) is 0.950. The molecule has 1 aliphatic heterocycles. The Kier molecular flexibility index (Phi) is 5.09. The van der Waals surface area contributed by atoms with Gasteiger partial charge in [0.2, 0.25) is 5.91 Å². The van der Waals surface area contributed by atoms with Crippen molar-refractivity contribution >= 4 is 22.4 Å². The second kappa shape index (κ2) is 7.48.